The number of nitrogens with zero attached hydrogens (tertiary/aromatic N) is 2. The van der Waals surface area contributed by atoms with Crippen molar-refractivity contribution in [1.82, 2.24) is 15.5 Å². The Bertz CT molecular complexity index is 896. The minimum Gasteiger partial charge on any atom is -0.425 e. The third-order valence-corrected chi connectivity index (χ3v) is 4.58. The Labute approximate surface area is 164 Å². The third kappa shape index (κ3) is 5.49. The monoisotopic (exact) mass is 381 g/mol. The van der Waals surface area contributed by atoms with Gasteiger partial charge in [0.05, 0.1) is 5.92 Å². The molecule has 1 unspecified atom stereocenters. The number of hydrogen-bond donors (Lipinski definition) is 1. The van der Waals surface area contributed by atoms with E-state index in [0.29, 0.717) is 30.3 Å². The molecule has 5 nitrogen and oxygen atoms in total. The average Bonchev–Trinajstić information content (AvgIpc) is 3.14. The first-order valence-corrected chi connectivity index (χ1v) is 9.48. The molecule has 1 aromatic heterocycles. The zero-order chi connectivity index (χ0) is 19.8. The Morgan fingerprint density at radius 2 is 1.82 bits per heavy atom. The Morgan fingerprint density at radius 3 is 2.54 bits per heavy atom. The standard InChI is InChI=1S/C22H24FN3O2/c1-16-25-26-22(28-16)19(17-9-3-2-4-10-17)15-21(27)24-14-8-7-12-18-11-5-6-13-20(18)23/h2-6,9-11,13,19H,7-8,12,14-15H2,1H3,(H,24,27). The molecule has 3 rings (SSSR count). The number of benzene rings is 2. The fourth-order valence-electron chi connectivity index (χ4n) is 3.11. The van der Waals surface area contributed by atoms with Crippen LogP contribution >= 0.6 is 0 Å². The van der Waals surface area contributed by atoms with Crippen molar-refractivity contribution in [2.24, 2.45) is 0 Å². The number of aryl methyl sites for hydroxylation is 2. The molecule has 2 aromatic carbocycles. The summed E-state index contributed by atoms with van der Waals surface area (Å²) in [5, 5.41) is 10.9. The summed E-state index contributed by atoms with van der Waals surface area (Å²) < 4.78 is 19.2. The maximum Gasteiger partial charge on any atom is 0.224 e. The van der Waals surface area contributed by atoms with Crippen LogP contribution in [0.1, 0.15) is 48.1 Å². The fourth-order valence-corrected chi connectivity index (χ4v) is 3.11. The lowest BCUT2D eigenvalue weighted by Gasteiger charge is -2.13. The van der Waals surface area contributed by atoms with E-state index in [9.17, 15) is 9.18 Å². The lowest BCUT2D eigenvalue weighted by molar-refractivity contribution is -0.121. The summed E-state index contributed by atoms with van der Waals surface area (Å²) in [6.45, 7) is 2.28. The lowest BCUT2D eigenvalue weighted by Crippen LogP contribution is -2.26. The van der Waals surface area contributed by atoms with Crippen molar-refractivity contribution in [3.63, 3.8) is 0 Å². The van der Waals surface area contributed by atoms with Crippen molar-refractivity contribution in [3.8, 4) is 0 Å². The second-order valence-corrected chi connectivity index (χ2v) is 6.73. The second-order valence-electron chi connectivity index (χ2n) is 6.73. The first-order valence-electron chi connectivity index (χ1n) is 9.48. The Morgan fingerprint density at radius 1 is 1.07 bits per heavy atom. The van der Waals surface area contributed by atoms with Crippen molar-refractivity contribution in [2.75, 3.05) is 6.54 Å². The molecule has 3 aromatic rings. The number of carbonyl (C=O) groups is 1. The normalized spacial score (nSPS) is 11.9. The van der Waals surface area contributed by atoms with Crippen LogP contribution in [0, 0.1) is 12.7 Å². The largest absolute Gasteiger partial charge is 0.425 e. The fraction of sp³-hybridized carbons (Fsp3) is 0.318. The lowest BCUT2D eigenvalue weighted by atomic mass is 9.95. The van der Waals surface area contributed by atoms with Crippen LogP contribution < -0.4 is 5.32 Å². The van der Waals surface area contributed by atoms with Crippen LogP contribution in [0.3, 0.4) is 0 Å². The number of hydrogen-bond acceptors (Lipinski definition) is 4. The number of amides is 1. The van der Waals surface area contributed by atoms with Gasteiger partial charge in [-0.05, 0) is 36.5 Å². The van der Waals surface area contributed by atoms with Gasteiger partial charge in [0.1, 0.15) is 5.82 Å². The van der Waals surface area contributed by atoms with E-state index in [0.717, 1.165) is 18.4 Å². The molecule has 1 atom stereocenters. The number of halogens is 1. The van der Waals surface area contributed by atoms with Gasteiger partial charge >= 0.3 is 0 Å². The van der Waals surface area contributed by atoms with Crippen LogP contribution in [0.5, 0.6) is 0 Å². The van der Waals surface area contributed by atoms with E-state index in [2.05, 4.69) is 15.5 Å². The number of unbranched alkanes of at least 4 members (excludes halogenated alkanes) is 1. The predicted octanol–water partition coefficient (Wildman–Crippen LogP) is 4.18. The first kappa shape index (κ1) is 19.7. The van der Waals surface area contributed by atoms with E-state index >= 15 is 0 Å². The van der Waals surface area contributed by atoms with Gasteiger partial charge in [0.2, 0.25) is 17.7 Å². The van der Waals surface area contributed by atoms with E-state index in [1.54, 1.807) is 19.1 Å². The maximum atomic E-state index is 13.6. The highest BCUT2D eigenvalue weighted by Crippen LogP contribution is 2.26. The molecule has 1 N–H and O–H groups in total. The molecule has 0 aliphatic rings. The number of nitrogens with one attached hydrogen (secondary N) is 1. The van der Waals surface area contributed by atoms with Crippen LogP contribution in [-0.2, 0) is 11.2 Å². The molecule has 0 saturated heterocycles. The zero-order valence-electron chi connectivity index (χ0n) is 15.9. The van der Waals surface area contributed by atoms with Gasteiger partial charge < -0.3 is 9.73 Å². The van der Waals surface area contributed by atoms with E-state index in [1.165, 1.54) is 6.07 Å². The number of rotatable bonds is 9. The van der Waals surface area contributed by atoms with Crippen molar-refractivity contribution in [1.29, 1.82) is 0 Å². The van der Waals surface area contributed by atoms with E-state index in [1.807, 2.05) is 36.4 Å². The van der Waals surface area contributed by atoms with Crippen molar-refractivity contribution < 1.29 is 13.6 Å². The van der Waals surface area contributed by atoms with E-state index < -0.39 is 0 Å². The Balaban J connectivity index is 1.49. The molecule has 0 aliphatic heterocycles. The van der Waals surface area contributed by atoms with Crippen LogP contribution in [0.2, 0.25) is 0 Å². The second kappa shape index (κ2) is 9.78. The van der Waals surface area contributed by atoms with Gasteiger partial charge in [-0.1, -0.05) is 48.5 Å². The van der Waals surface area contributed by atoms with Gasteiger partial charge in [0.15, 0.2) is 0 Å². The van der Waals surface area contributed by atoms with Gasteiger partial charge in [-0.25, -0.2) is 4.39 Å². The molecule has 0 fully saturated rings. The van der Waals surface area contributed by atoms with Gasteiger partial charge in [-0.2, -0.15) is 0 Å². The summed E-state index contributed by atoms with van der Waals surface area (Å²) in [6, 6.07) is 16.5. The summed E-state index contributed by atoms with van der Waals surface area (Å²) in [4.78, 5) is 12.4. The predicted molar refractivity (Wildman–Crippen MR) is 104 cm³/mol. The smallest absolute Gasteiger partial charge is 0.224 e. The van der Waals surface area contributed by atoms with E-state index in [4.69, 9.17) is 4.42 Å². The van der Waals surface area contributed by atoms with E-state index in [-0.39, 0.29) is 24.1 Å². The van der Waals surface area contributed by atoms with Crippen molar-refractivity contribution in [3.05, 3.63) is 83.3 Å². The number of aromatic nitrogens is 2. The minimum atomic E-state index is -0.277. The summed E-state index contributed by atoms with van der Waals surface area (Å²) in [6.07, 6.45) is 2.50. The molecular formula is C22H24FN3O2. The van der Waals surface area contributed by atoms with Gasteiger partial charge in [-0.3, -0.25) is 4.79 Å². The molecule has 6 heteroatoms. The SMILES string of the molecule is Cc1nnc(C(CC(=O)NCCCCc2ccccc2F)c2ccccc2)o1. The highest BCUT2D eigenvalue weighted by Gasteiger charge is 2.23. The number of carbonyl (C=O) groups excluding carboxylic acids is 1. The van der Waals surface area contributed by atoms with Crippen molar-refractivity contribution in [2.45, 2.75) is 38.5 Å². The molecule has 0 radical (unpaired) electrons. The molecule has 0 saturated carbocycles. The molecule has 28 heavy (non-hydrogen) atoms. The molecule has 1 heterocycles. The summed E-state index contributed by atoms with van der Waals surface area (Å²) in [5.74, 6) is 0.395. The van der Waals surface area contributed by atoms with Gasteiger partial charge in [-0.15, -0.1) is 10.2 Å². The topological polar surface area (TPSA) is 68.0 Å². The van der Waals surface area contributed by atoms with Gasteiger partial charge in [0, 0.05) is 19.9 Å². The third-order valence-electron chi connectivity index (χ3n) is 4.58. The molecule has 0 aliphatic carbocycles. The molecule has 146 valence electrons. The molecule has 0 spiro atoms. The zero-order valence-corrected chi connectivity index (χ0v) is 15.9. The van der Waals surface area contributed by atoms with Crippen molar-refractivity contribution >= 4 is 5.91 Å². The minimum absolute atomic E-state index is 0.0735. The summed E-state index contributed by atoms with van der Waals surface area (Å²) in [5.41, 5.74) is 1.67. The van der Waals surface area contributed by atoms with Crippen LogP contribution in [0.25, 0.3) is 0 Å². The first-order chi connectivity index (χ1) is 13.6. The van der Waals surface area contributed by atoms with Crippen LogP contribution in [-0.4, -0.2) is 22.6 Å². The highest BCUT2D eigenvalue weighted by atomic mass is 19.1. The molecule has 0 bridgehead atoms. The quantitative estimate of drug-likeness (QED) is 0.565. The average molecular weight is 381 g/mol. The maximum absolute atomic E-state index is 13.6. The summed E-state index contributed by atoms with van der Waals surface area (Å²) in [7, 11) is 0. The molecule has 1 amide bonds. The van der Waals surface area contributed by atoms with Crippen LogP contribution in [0.4, 0.5) is 4.39 Å². The highest BCUT2D eigenvalue weighted by molar-refractivity contribution is 5.77. The van der Waals surface area contributed by atoms with Crippen LogP contribution in [0.15, 0.2) is 59.0 Å². The Hall–Kier alpha value is -3.02. The van der Waals surface area contributed by atoms with Gasteiger partial charge in [0.25, 0.3) is 0 Å². The summed E-state index contributed by atoms with van der Waals surface area (Å²) >= 11 is 0. The molecular weight excluding hydrogens is 357 g/mol. The Kier molecular flexibility index (Phi) is 6.89.